The highest BCUT2D eigenvalue weighted by atomic mass is 31.2. The van der Waals surface area contributed by atoms with Crippen LogP contribution >= 0.6 is 7.82 Å². The van der Waals surface area contributed by atoms with E-state index in [1.54, 1.807) is 0 Å². The molecule has 0 radical (unpaired) electrons. The Morgan fingerprint density at radius 3 is 1.21 bits per heavy atom. The van der Waals surface area contributed by atoms with Gasteiger partial charge < -0.3 is 39.9 Å². The molecule has 14 heteroatoms. The molecule has 6 N–H and O–H groups in total. The molecule has 0 bridgehead atoms. The number of rotatable bonds is 47. The number of allylic oxidation sites excluding steroid dienone is 4. The first-order valence-corrected chi connectivity index (χ1v) is 29.1. The minimum absolute atomic E-state index is 0.0936. The van der Waals surface area contributed by atoms with Crippen LogP contribution < -0.4 is 0 Å². The van der Waals surface area contributed by atoms with Gasteiger partial charge in [-0.05, 0) is 44.9 Å². The number of ether oxygens (including phenoxy) is 2. The lowest BCUT2D eigenvalue weighted by atomic mass is 9.85. The van der Waals surface area contributed by atoms with E-state index in [-0.39, 0.29) is 12.8 Å². The summed E-state index contributed by atoms with van der Waals surface area (Å²) in [6.07, 6.45) is 38.1. The number of esters is 2. The van der Waals surface area contributed by atoms with Crippen molar-refractivity contribution < 1.29 is 63.1 Å². The molecule has 0 spiro atoms. The average molecular weight is 989 g/mol. The molecule has 68 heavy (non-hydrogen) atoms. The highest BCUT2D eigenvalue weighted by Gasteiger charge is 2.51. The zero-order valence-corrected chi connectivity index (χ0v) is 43.8. The highest BCUT2D eigenvalue weighted by Crippen LogP contribution is 2.47. The van der Waals surface area contributed by atoms with Gasteiger partial charge in [-0.2, -0.15) is 0 Å². The molecule has 1 rings (SSSR count). The second-order valence-corrected chi connectivity index (χ2v) is 20.8. The summed E-state index contributed by atoms with van der Waals surface area (Å²) in [5, 5.41) is 50.3. The molecule has 0 saturated heterocycles. The minimum atomic E-state index is -5.13. The van der Waals surface area contributed by atoms with Gasteiger partial charge in [0.1, 0.15) is 43.2 Å². The topological polar surface area (TPSA) is 210 Å². The highest BCUT2D eigenvalue weighted by molar-refractivity contribution is 7.47. The minimum Gasteiger partial charge on any atom is -0.462 e. The molecule has 400 valence electrons. The Bertz CT molecular complexity index is 1280. The summed E-state index contributed by atoms with van der Waals surface area (Å²) in [7, 11) is -5.13. The van der Waals surface area contributed by atoms with Crippen LogP contribution in [0.25, 0.3) is 0 Å². The maximum Gasteiger partial charge on any atom is 0.472 e. The Hall–Kier alpha value is -1.67. The van der Waals surface area contributed by atoms with Crippen LogP contribution in [0.5, 0.6) is 0 Å². The predicted molar refractivity (Wildman–Crippen MR) is 272 cm³/mol. The van der Waals surface area contributed by atoms with E-state index in [9.17, 15) is 44.6 Å². The third-order valence-electron chi connectivity index (χ3n) is 13.0. The smallest absolute Gasteiger partial charge is 0.462 e. The monoisotopic (exact) mass is 989 g/mol. The molecule has 1 aliphatic carbocycles. The molecule has 0 aromatic heterocycles. The summed E-state index contributed by atoms with van der Waals surface area (Å²) >= 11 is 0. The Morgan fingerprint density at radius 2 is 0.779 bits per heavy atom. The largest absolute Gasteiger partial charge is 0.472 e. The van der Waals surface area contributed by atoms with Crippen molar-refractivity contribution >= 4 is 19.8 Å². The standard InChI is InChI=1S/C54H101O13P/c1-3-5-7-9-11-13-15-17-19-21-22-23-24-25-26-27-29-30-32-34-36-38-40-42-47(55)64-44-46(45-65-68(62,63)67-54-52(60)50(58)49(57)51(59)53(54)61)66-48(56)43-41-39-37-35-33-31-28-20-18-16-14-12-10-8-6-4-2/h27,29,34,36,46,49-54,57-61H,3-26,28,30-33,35,37-45H2,1-2H3,(H,62,63)/b29-27+,36-34+/t46-,49?,50-,51?,52?,53?,54?/m0/s1. The normalized spacial score (nSPS) is 21.1. The first-order valence-electron chi connectivity index (χ1n) is 27.6. The summed E-state index contributed by atoms with van der Waals surface area (Å²) in [5.74, 6) is -1.14. The molecule has 0 aliphatic heterocycles. The number of aliphatic hydroxyl groups excluding tert-OH is 5. The second-order valence-electron chi connectivity index (χ2n) is 19.4. The zero-order chi connectivity index (χ0) is 49.9. The van der Waals surface area contributed by atoms with Crippen LogP contribution in [-0.4, -0.2) is 98.3 Å². The molecule has 0 aromatic rings. The number of unbranched alkanes of at least 4 members (excludes halogenated alkanes) is 31. The lowest BCUT2D eigenvalue weighted by Crippen LogP contribution is -2.64. The Balaban J connectivity index is 2.36. The van der Waals surface area contributed by atoms with Gasteiger partial charge in [0.2, 0.25) is 0 Å². The summed E-state index contributed by atoms with van der Waals surface area (Å²) < 4.78 is 33.6. The van der Waals surface area contributed by atoms with E-state index in [4.69, 9.17) is 18.5 Å². The first-order chi connectivity index (χ1) is 32.9. The van der Waals surface area contributed by atoms with E-state index in [0.717, 1.165) is 44.9 Å². The Morgan fingerprint density at radius 1 is 0.441 bits per heavy atom. The van der Waals surface area contributed by atoms with Crippen LogP contribution in [-0.2, 0) is 32.7 Å². The van der Waals surface area contributed by atoms with Crippen molar-refractivity contribution in [1.29, 1.82) is 0 Å². The predicted octanol–water partition coefficient (Wildman–Crippen LogP) is 12.3. The molecule has 0 aromatic carbocycles. The fourth-order valence-electron chi connectivity index (χ4n) is 8.60. The van der Waals surface area contributed by atoms with Gasteiger partial charge in [0.25, 0.3) is 0 Å². The van der Waals surface area contributed by atoms with Crippen molar-refractivity contribution in [2.75, 3.05) is 13.2 Å². The van der Waals surface area contributed by atoms with Crippen LogP contribution in [0.1, 0.15) is 251 Å². The lowest BCUT2D eigenvalue weighted by molar-refractivity contribution is -0.220. The molecule has 1 aliphatic rings. The molecule has 6 unspecified atom stereocenters. The van der Waals surface area contributed by atoms with E-state index >= 15 is 0 Å². The van der Waals surface area contributed by atoms with Crippen LogP contribution in [0.4, 0.5) is 0 Å². The molecule has 13 nitrogen and oxygen atoms in total. The quantitative estimate of drug-likeness (QED) is 0.0145. The lowest BCUT2D eigenvalue weighted by Gasteiger charge is -2.41. The number of hydrogen-bond donors (Lipinski definition) is 6. The van der Waals surface area contributed by atoms with E-state index in [0.29, 0.717) is 19.3 Å². The molecule has 8 atom stereocenters. The number of carbonyl (C=O) groups is 2. The second kappa shape index (κ2) is 44.1. The van der Waals surface area contributed by atoms with Crippen LogP contribution in [0.15, 0.2) is 24.3 Å². The molecular formula is C54H101O13P. The van der Waals surface area contributed by atoms with Crippen molar-refractivity contribution in [2.45, 2.75) is 294 Å². The summed E-state index contributed by atoms with van der Waals surface area (Å²) in [5.41, 5.74) is 0. The summed E-state index contributed by atoms with van der Waals surface area (Å²) in [6.45, 7) is 3.32. The molecule has 0 heterocycles. The van der Waals surface area contributed by atoms with E-state index in [2.05, 4.69) is 32.1 Å². The van der Waals surface area contributed by atoms with E-state index < -0.39 is 75.7 Å². The van der Waals surface area contributed by atoms with E-state index in [1.165, 1.54) is 161 Å². The van der Waals surface area contributed by atoms with Gasteiger partial charge in [0.15, 0.2) is 6.10 Å². The fourth-order valence-corrected chi connectivity index (χ4v) is 9.58. The Kier molecular flexibility index (Phi) is 41.7. The van der Waals surface area contributed by atoms with Gasteiger partial charge in [-0.25, -0.2) is 4.57 Å². The molecule has 1 fully saturated rings. The van der Waals surface area contributed by atoms with Gasteiger partial charge in [0.05, 0.1) is 6.61 Å². The van der Waals surface area contributed by atoms with Gasteiger partial charge in [0, 0.05) is 12.8 Å². The SMILES string of the molecule is CCCCCCCCCCCCCCCC/C=C/CC/C=C/CCCC(=O)OC[C@@H](COP(=O)(O)OC1C(O)C(O)C(O)[C@H](O)C1O)OC(=O)CCCCCCCCCCCCCCCCCC. The maximum absolute atomic E-state index is 12.9. The number of aliphatic hydroxyl groups is 5. The van der Waals surface area contributed by atoms with Crippen molar-refractivity contribution in [3.05, 3.63) is 24.3 Å². The van der Waals surface area contributed by atoms with Crippen LogP contribution in [0, 0.1) is 0 Å². The molecular weight excluding hydrogens is 888 g/mol. The van der Waals surface area contributed by atoms with Crippen molar-refractivity contribution in [1.82, 2.24) is 0 Å². The zero-order valence-electron chi connectivity index (χ0n) is 42.9. The molecule has 1 saturated carbocycles. The number of carbonyl (C=O) groups excluding carboxylic acids is 2. The van der Waals surface area contributed by atoms with Gasteiger partial charge >= 0.3 is 19.8 Å². The summed E-state index contributed by atoms with van der Waals surface area (Å²) in [6, 6.07) is 0. The van der Waals surface area contributed by atoms with Gasteiger partial charge in [-0.15, -0.1) is 0 Å². The van der Waals surface area contributed by atoms with E-state index in [1.807, 2.05) is 6.08 Å². The van der Waals surface area contributed by atoms with Gasteiger partial charge in [-0.3, -0.25) is 18.6 Å². The summed E-state index contributed by atoms with van der Waals surface area (Å²) in [4.78, 5) is 35.9. The van der Waals surface area contributed by atoms with Crippen molar-refractivity contribution in [2.24, 2.45) is 0 Å². The maximum atomic E-state index is 12.9. The number of hydrogen-bond acceptors (Lipinski definition) is 12. The van der Waals surface area contributed by atoms with Crippen molar-refractivity contribution in [3.63, 3.8) is 0 Å². The van der Waals surface area contributed by atoms with Gasteiger partial charge in [-0.1, -0.05) is 218 Å². The van der Waals surface area contributed by atoms with Crippen LogP contribution in [0.2, 0.25) is 0 Å². The van der Waals surface area contributed by atoms with Crippen LogP contribution in [0.3, 0.4) is 0 Å². The average Bonchev–Trinajstić information content (AvgIpc) is 3.32. The number of phosphoric ester groups is 1. The molecule has 0 amide bonds. The fraction of sp³-hybridized carbons (Fsp3) is 0.889. The third-order valence-corrected chi connectivity index (χ3v) is 14.0. The number of phosphoric acid groups is 1. The van der Waals surface area contributed by atoms with Crippen molar-refractivity contribution in [3.8, 4) is 0 Å². The first kappa shape index (κ1) is 64.3. The Labute approximate surface area is 413 Å². The third kappa shape index (κ3) is 35.4.